The molecule has 1 rings (SSSR count). The van der Waals surface area contributed by atoms with E-state index in [9.17, 15) is 0 Å². The van der Waals surface area contributed by atoms with E-state index in [4.69, 9.17) is 5.26 Å². The van der Waals surface area contributed by atoms with Crippen molar-refractivity contribution < 1.29 is 0 Å². The van der Waals surface area contributed by atoms with Crippen LogP contribution in [0, 0.1) is 11.5 Å². The molecule has 96 valence electrons. The van der Waals surface area contributed by atoms with Gasteiger partial charge in [0.2, 0.25) is 5.96 Å². The highest BCUT2D eigenvalue weighted by molar-refractivity contribution is 7.98. The lowest BCUT2D eigenvalue weighted by Gasteiger charge is -2.12. The topological polar surface area (TPSA) is 64.3 Å². The summed E-state index contributed by atoms with van der Waals surface area (Å²) in [5.41, 5.74) is 1.08. The maximum Gasteiger partial charge on any atom is 0.206 e. The Hall–Kier alpha value is -1.74. The Balaban J connectivity index is 2.25. The van der Waals surface area contributed by atoms with E-state index in [1.165, 1.54) is 0 Å². The Morgan fingerprint density at radius 3 is 3.00 bits per heavy atom. The first kappa shape index (κ1) is 14.3. The molecule has 0 radical (unpaired) electrons. The molecule has 1 heterocycles. The molecule has 0 aliphatic heterocycles. The number of hydrogen-bond donors (Lipinski definition) is 1. The van der Waals surface area contributed by atoms with Crippen molar-refractivity contribution in [2.45, 2.75) is 5.75 Å². The highest BCUT2D eigenvalue weighted by Crippen LogP contribution is 2.08. The predicted molar refractivity (Wildman–Crippen MR) is 75.1 cm³/mol. The summed E-state index contributed by atoms with van der Waals surface area (Å²) in [4.78, 5) is 10.3. The normalized spacial score (nSPS) is 10.8. The van der Waals surface area contributed by atoms with Crippen LogP contribution in [0.15, 0.2) is 29.4 Å². The molecule has 1 aromatic rings. The Morgan fingerprint density at radius 2 is 2.39 bits per heavy atom. The van der Waals surface area contributed by atoms with Gasteiger partial charge in [0.15, 0.2) is 6.19 Å². The molecule has 0 aromatic carbocycles. The Bertz CT molecular complexity index is 410. The second-order valence-corrected chi connectivity index (χ2v) is 4.82. The third-order valence-corrected chi connectivity index (χ3v) is 3.04. The van der Waals surface area contributed by atoms with Gasteiger partial charge in [0.05, 0.1) is 12.2 Å². The van der Waals surface area contributed by atoms with E-state index in [-0.39, 0.29) is 0 Å². The van der Waals surface area contributed by atoms with Crippen LogP contribution >= 0.6 is 11.8 Å². The van der Waals surface area contributed by atoms with E-state index in [1.54, 1.807) is 22.9 Å². The van der Waals surface area contributed by atoms with Crippen LogP contribution in [0.25, 0.3) is 0 Å². The Morgan fingerprint density at radius 1 is 1.56 bits per heavy atom. The fourth-order valence-electron chi connectivity index (χ4n) is 1.22. The van der Waals surface area contributed by atoms with Gasteiger partial charge >= 0.3 is 0 Å². The van der Waals surface area contributed by atoms with Gasteiger partial charge in [-0.3, -0.25) is 15.3 Å². The first-order chi connectivity index (χ1) is 8.74. The lowest BCUT2D eigenvalue weighted by molar-refractivity contribution is 0.599. The summed E-state index contributed by atoms with van der Waals surface area (Å²) in [7, 11) is 3.70. The zero-order valence-electron chi connectivity index (χ0n) is 10.6. The van der Waals surface area contributed by atoms with Gasteiger partial charge in [0, 0.05) is 31.8 Å². The standard InChI is InChI=1S/C12H17N5S/c1-17(2)12(16-10-13)15-7-8-18-9-11-5-3-4-6-14-11/h3-6H,7-9H2,1-2H3,(H,15,16). The van der Waals surface area contributed by atoms with Crippen LogP contribution in [0.3, 0.4) is 0 Å². The molecule has 6 heteroatoms. The quantitative estimate of drug-likeness (QED) is 0.285. The maximum absolute atomic E-state index is 8.55. The molecule has 0 spiro atoms. The summed E-state index contributed by atoms with van der Waals surface area (Å²) in [6.07, 6.45) is 3.68. The van der Waals surface area contributed by atoms with Gasteiger partial charge in [-0.25, -0.2) is 0 Å². The third kappa shape index (κ3) is 5.55. The van der Waals surface area contributed by atoms with Crippen molar-refractivity contribution in [1.29, 1.82) is 5.26 Å². The van der Waals surface area contributed by atoms with E-state index in [0.717, 1.165) is 17.2 Å². The molecule has 0 unspecified atom stereocenters. The van der Waals surface area contributed by atoms with Gasteiger partial charge in [0.1, 0.15) is 0 Å². The highest BCUT2D eigenvalue weighted by atomic mass is 32.2. The summed E-state index contributed by atoms with van der Waals surface area (Å²) < 4.78 is 0. The number of guanidine groups is 1. The molecular weight excluding hydrogens is 246 g/mol. The highest BCUT2D eigenvalue weighted by Gasteiger charge is 1.99. The molecular formula is C12H17N5S. The second kappa shape index (κ2) is 8.37. The van der Waals surface area contributed by atoms with E-state index in [1.807, 2.05) is 38.5 Å². The molecule has 0 aliphatic carbocycles. The fraction of sp³-hybridized carbons (Fsp3) is 0.417. The van der Waals surface area contributed by atoms with Crippen molar-refractivity contribution in [3.63, 3.8) is 0 Å². The molecule has 0 saturated heterocycles. The van der Waals surface area contributed by atoms with Crippen molar-refractivity contribution in [3.05, 3.63) is 30.1 Å². The molecule has 0 aliphatic rings. The van der Waals surface area contributed by atoms with E-state index in [2.05, 4.69) is 15.3 Å². The largest absolute Gasteiger partial charge is 0.348 e. The monoisotopic (exact) mass is 263 g/mol. The first-order valence-corrected chi connectivity index (χ1v) is 6.74. The van der Waals surface area contributed by atoms with Gasteiger partial charge in [0.25, 0.3) is 0 Å². The molecule has 1 aromatic heterocycles. The van der Waals surface area contributed by atoms with Gasteiger partial charge in [-0.2, -0.15) is 17.0 Å². The van der Waals surface area contributed by atoms with Crippen LogP contribution in [-0.2, 0) is 5.75 Å². The minimum absolute atomic E-state index is 0.593. The number of pyridine rings is 1. The van der Waals surface area contributed by atoms with Crippen LogP contribution in [0.1, 0.15) is 5.69 Å². The number of aromatic nitrogens is 1. The zero-order chi connectivity index (χ0) is 13.2. The average molecular weight is 263 g/mol. The molecule has 5 nitrogen and oxygen atoms in total. The van der Waals surface area contributed by atoms with Crippen molar-refractivity contribution in [1.82, 2.24) is 15.2 Å². The fourth-order valence-corrected chi connectivity index (χ4v) is 1.96. The second-order valence-electron chi connectivity index (χ2n) is 3.71. The van der Waals surface area contributed by atoms with Gasteiger partial charge in [-0.15, -0.1) is 0 Å². The number of nitrogens with one attached hydrogen (secondary N) is 1. The molecule has 0 saturated carbocycles. The van der Waals surface area contributed by atoms with Crippen LogP contribution in [-0.4, -0.2) is 42.2 Å². The molecule has 0 atom stereocenters. The molecule has 0 fully saturated rings. The number of nitriles is 1. The van der Waals surface area contributed by atoms with E-state index in [0.29, 0.717) is 12.5 Å². The average Bonchev–Trinajstić information content (AvgIpc) is 2.38. The van der Waals surface area contributed by atoms with Crippen LogP contribution in [0.5, 0.6) is 0 Å². The summed E-state index contributed by atoms with van der Waals surface area (Å²) in [6.45, 7) is 0.680. The SMILES string of the molecule is CN(C)C(=NCCSCc1ccccn1)NC#N. The van der Waals surface area contributed by atoms with E-state index < -0.39 is 0 Å². The third-order valence-electron chi connectivity index (χ3n) is 2.06. The summed E-state index contributed by atoms with van der Waals surface area (Å²) in [6, 6.07) is 5.91. The number of nitrogens with zero attached hydrogens (tertiary/aromatic N) is 4. The predicted octanol–water partition coefficient (Wildman–Crippen LogP) is 1.30. The van der Waals surface area contributed by atoms with Crippen molar-refractivity contribution in [2.24, 2.45) is 4.99 Å². The summed E-state index contributed by atoms with van der Waals surface area (Å²) in [5.74, 6) is 2.39. The molecule has 0 bridgehead atoms. The number of aliphatic imine (C=N–C) groups is 1. The smallest absolute Gasteiger partial charge is 0.206 e. The lowest BCUT2D eigenvalue weighted by Crippen LogP contribution is -2.33. The van der Waals surface area contributed by atoms with Crippen molar-refractivity contribution >= 4 is 17.7 Å². The van der Waals surface area contributed by atoms with Crippen molar-refractivity contribution in [2.75, 3.05) is 26.4 Å². The Labute approximate surface area is 112 Å². The maximum atomic E-state index is 8.55. The lowest BCUT2D eigenvalue weighted by atomic mass is 10.4. The van der Waals surface area contributed by atoms with Gasteiger partial charge < -0.3 is 4.90 Å². The first-order valence-electron chi connectivity index (χ1n) is 5.58. The summed E-state index contributed by atoms with van der Waals surface area (Å²) in [5, 5.41) is 11.1. The zero-order valence-corrected chi connectivity index (χ0v) is 11.4. The minimum atomic E-state index is 0.593. The Kier molecular flexibility index (Phi) is 6.66. The summed E-state index contributed by atoms with van der Waals surface area (Å²) >= 11 is 1.78. The number of rotatable bonds is 5. The van der Waals surface area contributed by atoms with Crippen LogP contribution < -0.4 is 5.32 Å². The number of hydrogen-bond acceptors (Lipinski definition) is 4. The molecule has 0 amide bonds. The minimum Gasteiger partial charge on any atom is -0.348 e. The van der Waals surface area contributed by atoms with Crippen LogP contribution in [0.4, 0.5) is 0 Å². The van der Waals surface area contributed by atoms with Crippen LogP contribution in [0.2, 0.25) is 0 Å². The van der Waals surface area contributed by atoms with E-state index >= 15 is 0 Å². The molecule has 18 heavy (non-hydrogen) atoms. The molecule has 1 N–H and O–H groups in total. The van der Waals surface area contributed by atoms with Crippen molar-refractivity contribution in [3.8, 4) is 6.19 Å². The van der Waals surface area contributed by atoms with Gasteiger partial charge in [-0.05, 0) is 12.1 Å². The number of thioether (sulfide) groups is 1. The van der Waals surface area contributed by atoms with Gasteiger partial charge in [-0.1, -0.05) is 6.07 Å².